The number of aromatic carboxylic acids is 1. The predicted molar refractivity (Wildman–Crippen MR) is 82.0 cm³/mol. The Morgan fingerprint density at radius 2 is 1.65 bits per heavy atom. The van der Waals surface area contributed by atoms with Crippen LogP contribution in [0.15, 0.2) is 52.3 Å². The van der Waals surface area contributed by atoms with Crippen molar-refractivity contribution in [3.8, 4) is 0 Å². The van der Waals surface area contributed by atoms with Crippen molar-refractivity contribution in [2.75, 3.05) is 0 Å². The summed E-state index contributed by atoms with van der Waals surface area (Å²) >= 11 is 1.23. The lowest BCUT2D eigenvalue weighted by Crippen LogP contribution is -2.07. The van der Waals surface area contributed by atoms with Crippen LogP contribution in [0.1, 0.15) is 15.9 Å². The SMILES string of the molecule is O=C(O)Cc1ccc(Sc2ccc([N+](=O)[O-])cc2)cc1C(=O)O. The maximum atomic E-state index is 11.3. The van der Waals surface area contributed by atoms with E-state index in [1.165, 1.54) is 36.0 Å². The number of carboxylic acids is 2. The molecule has 23 heavy (non-hydrogen) atoms. The normalized spacial score (nSPS) is 10.3. The Hall–Kier alpha value is -2.87. The molecular formula is C15H11NO6S. The Labute approximate surface area is 134 Å². The van der Waals surface area contributed by atoms with E-state index in [0.717, 1.165) is 0 Å². The summed E-state index contributed by atoms with van der Waals surface area (Å²) in [5.41, 5.74) is 0.120. The van der Waals surface area contributed by atoms with Crippen LogP contribution >= 0.6 is 11.8 Å². The van der Waals surface area contributed by atoms with Gasteiger partial charge in [-0.05, 0) is 29.8 Å². The first-order valence-corrected chi connectivity index (χ1v) is 7.19. The van der Waals surface area contributed by atoms with Crippen LogP contribution in [0.2, 0.25) is 0 Å². The second-order valence-corrected chi connectivity index (χ2v) is 5.69. The number of benzene rings is 2. The number of non-ortho nitro benzene ring substituents is 1. The van der Waals surface area contributed by atoms with Gasteiger partial charge in [-0.25, -0.2) is 4.79 Å². The Bertz CT molecular complexity index is 772. The zero-order valence-corrected chi connectivity index (χ0v) is 12.4. The third-order valence-corrected chi connectivity index (χ3v) is 3.93. The monoisotopic (exact) mass is 333 g/mol. The van der Waals surface area contributed by atoms with Crippen LogP contribution in [0.25, 0.3) is 0 Å². The van der Waals surface area contributed by atoms with E-state index in [-0.39, 0.29) is 23.2 Å². The highest BCUT2D eigenvalue weighted by Gasteiger charge is 2.14. The molecule has 0 radical (unpaired) electrons. The number of hydrogen-bond donors (Lipinski definition) is 2. The van der Waals surface area contributed by atoms with Crippen molar-refractivity contribution in [1.29, 1.82) is 0 Å². The molecular weight excluding hydrogens is 322 g/mol. The van der Waals surface area contributed by atoms with Crippen LogP contribution in [-0.2, 0) is 11.2 Å². The number of nitrogens with zero attached hydrogens (tertiary/aromatic N) is 1. The molecule has 118 valence electrons. The lowest BCUT2D eigenvalue weighted by molar-refractivity contribution is -0.384. The van der Waals surface area contributed by atoms with E-state index in [4.69, 9.17) is 5.11 Å². The molecule has 2 rings (SSSR count). The molecule has 0 heterocycles. The zero-order valence-electron chi connectivity index (χ0n) is 11.6. The highest BCUT2D eigenvalue weighted by Crippen LogP contribution is 2.30. The van der Waals surface area contributed by atoms with Crippen LogP contribution in [0.3, 0.4) is 0 Å². The summed E-state index contributed by atoms with van der Waals surface area (Å²) in [4.78, 5) is 33.4. The summed E-state index contributed by atoms with van der Waals surface area (Å²) in [5, 5.41) is 28.6. The number of carboxylic acid groups (broad SMARTS) is 2. The number of aliphatic carboxylic acids is 1. The van der Waals surface area contributed by atoms with E-state index in [1.807, 2.05) is 0 Å². The van der Waals surface area contributed by atoms with Crippen molar-refractivity contribution < 1.29 is 24.7 Å². The van der Waals surface area contributed by atoms with E-state index in [1.54, 1.807) is 18.2 Å². The predicted octanol–water partition coefficient (Wildman–Crippen LogP) is 3.07. The van der Waals surface area contributed by atoms with Gasteiger partial charge in [-0.3, -0.25) is 14.9 Å². The number of nitro groups is 1. The maximum absolute atomic E-state index is 11.3. The Kier molecular flexibility index (Phi) is 4.97. The van der Waals surface area contributed by atoms with E-state index < -0.39 is 16.9 Å². The molecule has 8 heteroatoms. The quantitative estimate of drug-likeness (QED) is 0.616. The molecule has 2 aromatic rings. The Balaban J connectivity index is 2.26. The van der Waals surface area contributed by atoms with Gasteiger partial charge in [0.2, 0.25) is 0 Å². The van der Waals surface area contributed by atoms with Crippen molar-refractivity contribution in [2.45, 2.75) is 16.2 Å². The lowest BCUT2D eigenvalue weighted by Gasteiger charge is -2.07. The van der Waals surface area contributed by atoms with Crippen molar-refractivity contribution in [3.63, 3.8) is 0 Å². The molecule has 0 bridgehead atoms. The fraction of sp³-hybridized carbons (Fsp3) is 0.0667. The summed E-state index contributed by atoms with van der Waals surface area (Å²) in [7, 11) is 0. The zero-order chi connectivity index (χ0) is 17.0. The minimum Gasteiger partial charge on any atom is -0.481 e. The van der Waals surface area contributed by atoms with Gasteiger partial charge in [-0.1, -0.05) is 17.8 Å². The molecule has 0 aliphatic carbocycles. The molecule has 2 N–H and O–H groups in total. The topological polar surface area (TPSA) is 118 Å². The van der Waals surface area contributed by atoms with Gasteiger partial charge in [-0.2, -0.15) is 0 Å². The second-order valence-electron chi connectivity index (χ2n) is 4.55. The third-order valence-electron chi connectivity index (χ3n) is 2.94. The van der Waals surface area contributed by atoms with Crippen molar-refractivity contribution >= 4 is 29.4 Å². The van der Waals surface area contributed by atoms with E-state index in [2.05, 4.69) is 0 Å². The molecule has 0 atom stereocenters. The van der Waals surface area contributed by atoms with Crippen LogP contribution in [-0.4, -0.2) is 27.1 Å². The third kappa shape index (κ3) is 4.30. The molecule has 0 unspecified atom stereocenters. The van der Waals surface area contributed by atoms with Crippen LogP contribution < -0.4 is 0 Å². The van der Waals surface area contributed by atoms with Gasteiger partial charge in [-0.15, -0.1) is 0 Å². The Morgan fingerprint density at radius 1 is 1.04 bits per heavy atom. The van der Waals surface area contributed by atoms with Crippen molar-refractivity contribution in [2.24, 2.45) is 0 Å². The van der Waals surface area contributed by atoms with Gasteiger partial charge in [0.25, 0.3) is 5.69 Å². The van der Waals surface area contributed by atoms with Crippen LogP contribution in [0.5, 0.6) is 0 Å². The van der Waals surface area contributed by atoms with E-state index in [0.29, 0.717) is 9.79 Å². The van der Waals surface area contributed by atoms with Gasteiger partial charge >= 0.3 is 11.9 Å². The largest absolute Gasteiger partial charge is 0.481 e. The number of carbonyl (C=O) groups is 2. The molecule has 7 nitrogen and oxygen atoms in total. The number of rotatable bonds is 6. The fourth-order valence-electron chi connectivity index (χ4n) is 1.91. The average molecular weight is 333 g/mol. The van der Waals surface area contributed by atoms with Gasteiger partial charge < -0.3 is 10.2 Å². The van der Waals surface area contributed by atoms with Crippen molar-refractivity contribution in [1.82, 2.24) is 0 Å². The standard InChI is InChI=1S/C15H11NO6S/c17-14(18)7-9-1-4-12(8-13(9)15(19)20)23-11-5-2-10(3-6-11)16(21)22/h1-6,8H,7H2,(H,17,18)(H,19,20). The molecule has 0 aliphatic heterocycles. The van der Waals surface area contributed by atoms with E-state index >= 15 is 0 Å². The van der Waals surface area contributed by atoms with Crippen LogP contribution in [0, 0.1) is 10.1 Å². The van der Waals surface area contributed by atoms with Gasteiger partial charge in [0.05, 0.1) is 16.9 Å². The summed E-state index contributed by atoms with van der Waals surface area (Å²) in [6.45, 7) is 0. The Morgan fingerprint density at radius 3 is 2.17 bits per heavy atom. The number of hydrogen-bond acceptors (Lipinski definition) is 5. The van der Waals surface area contributed by atoms with Crippen LogP contribution in [0.4, 0.5) is 5.69 Å². The van der Waals surface area contributed by atoms with Gasteiger partial charge in [0.15, 0.2) is 0 Å². The summed E-state index contributed by atoms with van der Waals surface area (Å²) in [6.07, 6.45) is -0.371. The smallest absolute Gasteiger partial charge is 0.336 e. The number of nitro benzene ring substituents is 1. The molecule has 0 saturated heterocycles. The van der Waals surface area contributed by atoms with Crippen molar-refractivity contribution in [3.05, 3.63) is 63.7 Å². The van der Waals surface area contributed by atoms with Gasteiger partial charge in [0, 0.05) is 21.9 Å². The first-order valence-electron chi connectivity index (χ1n) is 6.37. The molecule has 0 aliphatic rings. The summed E-state index contributed by atoms with van der Waals surface area (Å²) < 4.78 is 0. The highest BCUT2D eigenvalue weighted by atomic mass is 32.2. The minimum absolute atomic E-state index is 0.0302. The molecule has 2 aromatic carbocycles. The minimum atomic E-state index is -1.20. The second kappa shape index (κ2) is 6.93. The molecule has 0 spiro atoms. The summed E-state index contributed by atoms with van der Waals surface area (Å²) in [5.74, 6) is -2.31. The molecule has 0 fully saturated rings. The fourth-order valence-corrected chi connectivity index (χ4v) is 2.76. The average Bonchev–Trinajstić information content (AvgIpc) is 2.48. The van der Waals surface area contributed by atoms with E-state index in [9.17, 15) is 24.8 Å². The highest BCUT2D eigenvalue weighted by molar-refractivity contribution is 7.99. The lowest BCUT2D eigenvalue weighted by atomic mass is 10.1. The molecule has 0 saturated carbocycles. The first-order chi connectivity index (χ1) is 10.9. The summed E-state index contributed by atoms with van der Waals surface area (Å²) in [6, 6.07) is 10.3. The van der Waals surface area contributed by atoms with Gasteiger partial charge in [0.1, 0.15) is 0 Å². The molecule has 0 amide bonds. The maximum Gasteiger partial charge on any atom is 0.336 e. The molecule has 0 aromatic heterocycles. The first kappa shape index (κ1) is 16.5.